The first-order valence-electron chi connectivity index (χ1n) is 5.44. The van der Waals surface area contributed by atoms with E-state index in [1.165, 1.54) is 0 Å². The van der Waals surface area contributed by atoms with Gasteiger partial charge < -0.3 is 14.6 Å². The number of carboxylic acids is 1. The van der Waals surface area contributed by atoms with Gasteiger partial charge >= 0.3 is 5.97 Å². The van der Waals surface area contributed by atoms with Gasteiger partial charge in [-0.3, -0.25) is 4.79 Å². The van der Waals surface area contributed by atoms with Crippen molar-refractivity contribution in [1.82, 2.24) is 0 Å². The highest BCUT2D eigenvalue weighted by Gasteiger charge is 2.16. The fourth-order valence-corrected chi connectivity index (χ4v) is 1.79. The molecule has 94 valence electrons. The average Bonchev–Trinajstić information content (AvgIpc) is 2.28. The number of ether oxygens (including phenoxy) is 2. The zero-order chi connectivity index (χ0) is 13.0. The van der Waals surface area contributed by atoms with Crippen molar-refractivity contribution >= 4 is 5.97 Å². The van der Waals surface area contributed by atoms with Gasteiger partial charge in [0.2, 0.25) is 0 Å². The summed E-state index contributed by atoms with van der Waals surface area (Å²) in [7, 11) is 3.18. The maximum atomic E-state index is 10.9. The van der Waals surface area contributed by atoms with Gasteiger partial charge in [-0.1, -0.05) is 6.92 Å². The Morgan fingerprint density at radius 3 is 2.47 bits per heavy atom. The molecule has 0 aliphatic carbocycles. The topological polar surface area (TPSA) is 55.8 Å². The van der Waals surface area contributed by atoms with E-state index >= 15 is 0 Å². The molecule has 0 radical (unpaired) electrons. The quantitative estimate of drug-likeness (QED) is 0.855. The van der Waals surface area contributed by atoms with E-state index in [0.717, 1.165) is 22.6 Å². The molecule has 0 heterocycles. The van der Waals surface area contributed by atoms with Gasteiger partial charge in [-0.25, -0.2) is 0 Å². The molecular weight excluding hydrogens is 220 g/mol. The van der Waals surface area contributed by atoms with E-state index in [1.807, 2.05) is 19.1 Å². The molecule has 1 aromatic carbocycles. The molecule has 4 nitrogen and oxygen atoms in total. The summed E-state index contributed by atoms with van der Waals surface area (Å²) < 4.78 is 10.5. The Morgan fingerprint density at radius 1 is 1.35 bits per heavy atom. The van der Waals surface area contributed by atoms with Crippen LogP contribution in [-0.2, 0) is 11.2 Å². The standard InChI is InChI=1S/C13H18O4/c1-8-6-11(16-3)7-10(12(8)17-4)5-9(2)13(14)15/h6-7,9H,5H2,1-4H3,(H,14,15). The normalized spacial score (nSPS) is 12.0. The molecule has 0 aliphatic heterocycles. The Balaban J connectivity index is 3.11. The van der Waals surface area contributed by atoms with Crippen LogP contribution in [0.2, 0.25) is 0 Å². The molecule has 1 N–H and O–H groups in total. The van der Waals surface area contributed by atoms with Crippen molar-refractivity contribution in [3.05, 3.63) is 23.3 Å². The van der Waals surface area contributed by atoms with E-state index in [2.05, 4.69) is 0 Å². The summed E-state index contributed by atoms with van der Waals surface area (Å²) in [5.41, 5.74) is 1.80. The second-order valence-corrected chi connectivity index (χ2v) is 4.08. The Kier molecular flexibility index (Phi) is 4.37. The van der Waals surface area contributed by atoms with Crippen molar-refractivity contribution in [3.8, 4) is 11.5 Å². The van der Waals surface area contributed by atoms with Crippen molar-refractivity contribution in [2.45, 2.75) is 20.3 Å². The average molecular weight is 238 g/mol. The summed E-state index contributed by atoms with van der Waals surface area (Å²) >= 11 is 0. The van der Waals surface area contributed by atoms with Crippen LogP contribution in [0.4, 0.5) is 0 Å². The van der Waals surface area contributed by atoms with E-state index in [-0.39, 0.29) is 0 Å². The first-order chi connectivity index (χ1) is 7.99. The molecule has 0 aliphatic rings. The predicted molar refractivity (Wildman–Crippen MR) is 64.8 cm³/mol. The number of aryl methyl sites for hydroxylation is 1. The van der Waals surface area contributed by atoms with Crippen LogP contribution in [-0.4, -0.2) is 25.3 Å². The first-order valence-corrected chi connectivity index (χ1v) is 5.44. The van der Waals surface area contributed by atoms with Crippen LogP contribution in [0.15, 0.2) is 12.1 Å². The zero-order valence-electron chi connectivity index (χ0n) is 10.6. The van der Waals surface area contributed by atoms with Gasteiger partial charge in [0, 0.05) is 0 Å². The van der Waals surface area contributed by atoms with Crippen molar-refractivity contribution < 1.29 is 19.4 Å². The van der Waals surface area contributed by atoms with Crippen LogP contribution in [0.5, 0.6) is 11.5 Å². The fraction of sp³-hybridized carbons (Fsp3) is 0.462. The summed E-state index contributed by atoms with van der Waals surface area (Å²) in [6.07, 6.45) is 0.427. The van der Waals surface area contributed by atoms with Gasteiger partial charge in [0.15, 0.2) is 0 Å². The maximum absolute atomic E-state index is 10.9. The molecular formula is C13H18O4. The lowest BCUT2D eigenvalue weighted by atomic mass is 9.98. The van der Waals surface area contributed by atoms with E-state index in [9.17, 15) is 4.79 Å². The number of benzene rings is 1. The third-order valence-corrected chi connectivity index (χ3v) is 2.71. The molecule has 0 saturated carbocycles. The zero-order valence-corrected chi connectivity index (χ0v) is 10.6. The molecule has 0 bridgehead atoms. The van der Waals surface area contributed by atoms with E-state index in [4.69, 9.17) is 14.6 Å². The van der Waals surface area contributed by atoms with Crippen LogP contribution < -0.4 is 9.47 Å². The Morgan fingerprint density at radius 2 is 2.00 bits per heavy atom. The number of rotatable bonds is 5. The summed E-state index contributed by atoms with van der Waals surface area (Å²) in [4.78, 5) is 10.9. The van der Waals surface area contributed by atoms with E-state index in [1.54, 1.807) is 21.1 Å². The molecule has 0 spiro atoms. The van der Waals surface area contributed by atoms with Crippen LogP contribution in [0.1, 0.15) is 18.1 Å². The Labute approximate surface area is 101 Å². The van der Waals surface area contributed by atoms with Gasteiger partial charge in [0.1, 0.15) is 11.5 Å². The van der Waals surface area contributed by atoms with Gasteiger partial charge in [0.05, 0.1) is 20.1 Å². The molecule has 0 aromatic heterocycles. The number of hydrogen-bond donors (Lipinski definition) is 1. The predicted octanol–water partition coefficient (Wildman–Crippen LogP) is 2.28. The van der Waals surface area contributed by atoms with Gasteiger partial charge in [-0.15, -0.1) is 0 Å². The summed E-state index contributed by atoms with van der Waals surface area (Å²) in [5.74, 6) is 0.192. The Hall–Kier alpha value is -1.71. The maximum Gasteiger partial charge on any atom is 0.306 e. The molecule has 1 aromatic rings. The van der Waals surface area contributed by atoms with E-state index < -0.39 is 11.9 Å². The summed E-state index contributed by atoms with van der Waals surface area (Å²) in [6, 6.07) is 3.69. The minimum Gasteiger partial charge on any atom is -0.497 e. The second-order valence-electron chi connectivity index (χ2n) is 4.08. The molecule has 0 fully saturated rings. The van der Waals surface area contributed by atoms with Gasteiger partial charge in [0.25, 0.3) is 0 Å². The van der Waals surface area contributed by atoms with Crippen LogP contribution in [0.25, 0.3) is 0 Å². The molecule has 1 rings (SSSR count). The van der Waals surface area contributed by atoms with Crippen molar-refractivity contribution in [1.29, 1.82) is 0 Å². The largest absolute Gasteiger partial charge is 0.497 e. The molecule has 4 heteroatoms. The first kappa shape index (κ1) is 13.4. The highest BCUT2D eigenvalue weighted by molar-refractivity contribution is 5.70. The van der Waals surface area contributed by atoms with Crippen molar-refractivity contribution in [2.75, 3.05) is 14.2 Å². The smallest absolute Gasteiger partial charge is 0.306 e. The highest BCUT2D eigenvalue weighted by Crippen LogP contribution is 2.30. The molecule has 1 unspecified atom stereocenters. The third-order valence-electron chi connectivity index (χ3n) is 2.71. The van der Waals surface area contributed by atoms with Crippen molar-refractivity contribution in [2.24, 2.45) is 5.92 Å². The lowest BCUT2D eigenvalue weighted by Crippen LogP contribution is -2.13. The second kappa shape index (κ2) is 5.57. The number of aliphatic carboxylic acids is 1. The molecule has 0 amide bonds. The van der Waals surface area contributed by atoms with Crippen molar-refractivity contribution in [3.63, 3.8) is 0 Å². The summed E-state index contributed by atoms with van der Waals surface area (Å²) in [6.45, 7) is 3.59. The number of hydrogen-bond acceptors (Lipinski definition) is 3. The number of carboxylic acid groups (broad SMARTS) is 1. The van der Waals surface area contributed by atoms with E-state index in [0.29, 0.717) is 6.42 Å². The highest BCUT2D eigenvalue weighted by atomic mass is 16.5. The SMILES string of the molecule is COc1cc(C)c(OC)c(CC(C)C(=O)O)c1. The third kappa shape index (κ3) is 3.12. The van der Waals surface area contributed by atoms with Gasteiger partial charge in [-0.05, 0) is 36.6 Å². The Bertz CT molecular complexity index is 412. The molecule has 17 heavy (non-hydrogen) atoms. The lowest BCUT2D eigenvalue weighted by molar-refractivity contribution is -0.141. The van der Waals surface area contributed by atoms with Crippen LogP contribution in [0.3, 0.4) is 0 Å². The van der Waals surface area contributed by atoms with Crippen LogP contribution >= 0.6 is 0 Å². The monoisotopic (exact) mass is 238 g/mol. The number of methoxy groups -OCH3 is 2. The summed E-state index contributed by atoms with van der Waals surface area (Å²) in [5, 5.41) is 8.93. The lowest BCUT2D eigenvalue weighted by Gasteiger charge is -2.15. The number of carbonyl (C=O) groups is 1. The van der Waals surface area contributed by atoms with Crippen LogP contribution in [0, 0.1) is 12.8 Å². The van der Waals surface area contributed by atoms with Gasteiger partial charge in [-0.2, -0.15) is 0 Å². The molecule has 0 saturated heterocycles. The fourth-order valence-electron chi connectivity index (χ4n) is 1.79. The minimum absolute atomic E-state index is 0.427. The minimum atomic E-state index is -0.812. The molecule has 1 atom stereocenters.